The number of rotatable bonds is 3. The second kappa shape index (κ2) is 5.45. The summed E-state index contributed by atoms with van der Waals surface area (Å²) in [7, 11) is 0. The lowest BCUT2D eigenvalue weighted by atomic mass is 10.1. The molecule has 1 unspecified atom stereocenters. The molecule has 0 saturated heterocycles. The van der Waals surface area contributed by atoms with E-state index < -0.39 is 0 Å². The van der Waals surface area contributed by atoms with Gasteiger partial charge in [-0.3, -0.25) is 0 Å². The summed E-state index contributed by atoms with van der Waals surface area (Å²) in [5.41, 5.74) is 4.91. The Morgan fingerprint density at radius 3 is 2.70 bits per heavy atom. The van der Waals surface area contributed by atoms with E-state index in [0.717, 1.165) is 17.7 Å². The van der Waals surface area contributed by atoms with Gasteiger partial charge in [0, 0.05) is 16.8 Å². The highest BCUT2D eigenvalue weighted by molar-refractivity contribution is 6.31. The average Bonchev–Trinajstić information content (AvgIpc) is 2.85. The molecule has 1 aliphatic carbocycles. The van der Waals surface area contributed by atoms with E-state index in [1.807, 2.05) is 6.92 Å². The van der Waals surface area contributed by atoms with Crippen LogP contribution in [-0.4, -0.2) is 0 Å². The van der Waals surface area contributed by atoms with Crippen LogP contribution in [0.15, 0.2) is 36.4 Å². The molecule has 0 fully saturated rings. The first kappa shape index (κ1) is 13.4. The van der Waals surface area contributed by atoms with Crippen molar-refractivity contribution in [2.75, 3.05) is 5.32 Å². The smallest absolute Gasteiger partial charge is 0.124 e. The predicted molar refractivity (Wildman–Crippen MR) is 81.9 cm³/mol. The van der Waals surface area contributed by atoms with Crippen LogP contribution < -0.4 is 5.32 Å². The molecular weight excluding hydrogens is 273 g/mol. The topological polar surface area (TPSA) is 12.0 Å². The molecule has 0 aliphatic heterocycles. The molecule has 0 heterocycles. The number of aryl methyl sites for hydroxylation is 2. The Morgan fingerprint density at radius 2 is 1.90 bits per heavy atom. The van der Waals surface area contributed by atoms with Crippen molar-refractivity contribution in [1.82, 2.24) is 0 Å². The largest absolute Gasteiger partial charge is 0.378 e. The van der Waals surface area contributed by atoms with Gasteiger partial charge in [-0.05, 0) is 67.1 Å². The van der Waals surface area contributed by atoms with Crippen molar-refractivity contribution in [3.8, 4) is 0 Å². The van der Waals surface area contributed by atoms with Gasteiger partial charge >= 0.3 is 0 Å². The molecule has 3 rings (SSSR count). The van der Waals surface area contributed by atoms with Gasteiger partial charge in [0.05, 0.1) is 0 Å². The van der Waals surface area contributed by atoms with E-state index in [1.165, 1.54) is 36.1 Å². The Morgan fingerprint density at radius 1 is 1.10 bits per heavy atom. The van der Waals surface area contributed by atoms with Crippen molar-refractivity contribution in [2.45, 2.75) is 32.2 Å². The van der Waals surface area contributed by atoms with E-state index in [4.69, 9.17) is 11.6 Å². The van der Waals surface area contributed by atoms with Crippen molar-refractivity contribution in [1.29, 1.82) is 0 Å². The maximum Gasteiger partial charge on any atom is 0.124 e. The molecule has 1 aliphatic rings. The number of hydrogen-bond acceptors (Lipinski definition) is 1. The van der Waals surface area contributed by atoms with Crippen LogP contribution in [0.2, 0.25) is 5.02 Å². The van der Waals surface area contributed by atoms with E-state index in [9.17, 15) is 4.39 Å². The molecular formula is C17H17ClFN. The minimum atomic E-state index is -0.302. The predicted octanol–water partition coefficient (Wildman–Crippen LogP) is 5.14. The summed E-state index contributed by atoms with van der Waals surface area (Å²) < 4.78 is 13.1. The summed E-state index contributed by atoms with van der Waals surface area (Å²) in [4.78, 5) is 0. The second-order valence-corrected chi connectivity index (χ2v) is 5.78. The average molecular weight is 290 g/mol. The lowest BCUT2D eigenvalue weighted by molar-refractivity contribution is 0.626. The SMILES string of the molecule is CC(Nc1ccc2c(c1)CCC2)c1ccc(F)cc1Cl. The van der Waals surface area contributed by atoms with Crippen LogP contribution in [0, 0.1) is 5.82 Å². The molecule has 104 valence electrons. The first-order valence-electron chi connectivity index (χ1n) is 6.97. The molecule has 0 radical (unpaired) electrons. The lowest BCUT2D eigenvalue weighted by Gasteiger charge is -2.18. The number of nitrogens with one attached hydrogen (secondary N) is 1. The highest BCUT2D eigenvalue weighted by Crippen LogP contribution is 2.29. The Bertz CT molecular complexity index is 639. The normalized spacial score (nSPS) is 14.9. The lowest BCUT2D eigenvalue weighted by Crippen LogP contribution is -2.07. The summed E-state index contributed by atoms with van der Waals surface area (Å²) in [6.45, 7) is 2.03. The summed E-state index contributed by atoms with van der Waals surface area (Å²) in [5.74, 6) is -0.302. The van der Waals surface area contributed by atoms with Gasteiger partial charge in [0.25, 0.3) is 0 Å². The van der Waals surface area contributed by atoms with Crippen molar-refractivity contribution < 1.29 is 4.39 Å². The van der Waals surface area contributed by atoms with Crippen LogP contribution in [0.1, 0.15) is 36.1 Å². The van der Waals surface area contributed by atoms with E-state index >= 15 is 0 Å². The highest BCUT2D eigenvalue weighted by atomic mass is 35.5. The highest BCUT2D eigenvalue weighted by Gasteiger charge is 2.13. The monoisotopic (exact) mass is 289 g/mol. The number of halogens is 2. The van der Waals surface area contributed by atoms with E-state index in [2.05, 4.69) is 23.5 Å². The molecule has 0 amide bonds. The molecule has 0 saturated carbocycles. The van der Waals surface area contributed by atoms with Crippen LogP contribution in [0.5, 0.6) is 0 Å². The summed E-state index contributed by atoms with van der Waals surface area (Å²) in [6.07, 6.45) is 3.60. The van der Waals surface area contributed by atoms with Crippen LogP contribution >= 0.6 is 11.6 Å². The van der Waals surface area contributed by atoms with E-state index in [1.54, 1.807) is 6.07 Å². The molecule has 2 aromatic rings. The number of hydrogen-bond donors (Lipinski definition) is 1. The molecule has 2 aromatic carbocycles. The van der Waals surface area contributed by atoms with Crippen LogP contribution in [0.4, 0.5) is 10.1 Å². The summed E-state index contributed by atoms with van der Waals surface area (Å²) in [6, 6.07) is 11.1. The fraction of sp³-hybridized carbons (Fsp3) is 0.294. The van der Waals surface area contributed by atoms with Crippen LogP contribution in [-0.2, 0) is 12.8 Å². The Labute approximate surface area is 123 Å². The van der Waals surface area contributed by atoms with Gasteiger partial charge in [-0.1, -0.05) is 23.7 Å². The van der Waals surface area contributed by atoms with Crippen molar-refractivity contribution in [3.63, 3.8) is 0 Å². The zero-order valence-corrected chi connectivity index (χ0v) is 12.2. The van der Waals surface area contributed by atoms with E-state index in [0.29, 0.717) is 5.02 Å². The van der Waals surface area contributed by atoms with Crippen molar-refractivity contribution in [2.24, 2.45) is 0 Å². The summed E-state index contributed by atoms with van der Waals surface area (Å²) in [5, 5.41) is 3.91. The molecule has 0 bridgehead atoms. The third-order valence-corrected chi connectivity index (χ3v) is 4.24. The minimum absolute atomic E-state index is 0.0440. The second-order valence-electron chi connectivity index (χ2n) is 5.37. The van der Waals surface area contributed by atoms with Gasteiger partial charge in [-0.15, -0.1) is 0 Å². The Kier molecular flexibility index (Phi) is 3.66. The van der Waals surface area contributed by atoms with Crippen molar-refractivity contribution in [3.05, 3.63) is 63.9 Å². The minimum Gasteiger partial charge on any atom is -0.378 e. The Hall–Kier alpha value is -1.54. The molecule has 20 heavy (non-hydrogen) atoms. The molecule has 0 aromatic heterocycles. The maximum atomic E-state index is 13.1. The van der Waals surface area contributed by atoms with Gasteiger partial charge in [0.1, 0.15) is 5.82 Å². The molecule has 1 nitrogen and oxygen atoms in total. The maximum absolute atomic E-state index is 13.1. The fourth-order valence-electron chi connectivity index (χ4n) is 2.84. The number of benzene rings is 2. The third kappa shape index (κ3) is 2.66. The standard InChI is InChI=1S/C17H17ClFN/c1-11(16-8-6-14(19)10-17(16)18)20-15-7-5-12-3-2-4-13(12)9-15/h5-11,20H,2-4H2,1H3. The molecule has 1 N–H and O–H groups in total. The molecule has 1 atom stereocenters. The first-order valence-corrected chi connectivity index (χ1v) is 7.34. The quantitative estimate of drug-likeness (QED) is 0.825. The molecule has 3 heteroatoms. The van der Waals surface area contributed by atoms with Crippen LogP contribution in [0.25, 0.3) is 0 Å². The van der Waals surface area contributed by atoms with Gasteiger partial charge in [0.15, 0.2) is 0 Å². The van der Waals surface area contributed by atoms with E-state index in [-0.39, 0.29) is 11.9 Å². The van der Waals surface area contributed by atoms with Gasteiger partial charge < -0.3 is 5.32 Å². The fourth-order valence-corrected chi connectivity index (χ4v) is 3.17. The number of fused-ring (bicyclic) bond motifs is 1. The first-order chi connectivity index (χ1) is 9.63. The zero-order chi connectivity index (χ0) is 14.1. The summed E-state index contributed by atoms with van der Waals surface area (Å²) >= 11 is 6.10. The van der Waals surface area contributed by atoms with Gasteiger partial charge in [-0.25, -0.2) is 4.39 Å². The third-order valence-electron chi connectivity index (χ3n) is 3.91. The van der Waals surface area contributed by atoms with Gasteiger partial charge in [-0.2, -0.15) is 0 Å². The zero-order valence-electron chi connectivity index (χ0n) is 11.4. The van der Waals surface area contributed by atoms with Crippen LogP contribution in [0.3, 0.4) is 0 Å². The number of anilines is 1. The van der Waals surface area contributed by atoms with Gasteiger partial charge in [0.2, 0.25) is 0 Å². The van der Waals surface area contributed by atoms with Crippen molar-refractivity contribution >= 4 is 17.3 Å². The Balaban J connectivity index is 1.80. The molecule has 0 spiro atoms.